The summed E-state index contributed by atoms with van der Waals surface area (Å²) in [5.74, 6) is 0.243. The molecule has 2 rings (SSSR count). The van der Waals surface area contributed by atoms with Gasteiger partial charge >= 0.3 is 0 Å². The van der Waals surface area contributed by atoms with E-state index in [1.807, 2.05) is 24.3 Å². The number of hydrogen-bond acceptors (Lipinski definition) is 2. The predicted octanol–water partition coefficient (Wildman–Crippen LogP) is 3.28. The smallest absolute Gasteiger partial charge is 0.226 e. The van der Waals surface area contributed by atoms with Gasteiger partial charge in [-0.25, -0.2) is 4.39 Å². The Morgan fingerprint density at radius 1 is 1.08 bits per heavy atom. The van der Waals surface area contributed by atoms with Crippen molar-refractivity contribution >= 4 is 33.5 Å². The highest BCUT2D eigenvalue weighted by atomic mass is 79.9. The molecule has 0 saturated carbocycles. The van der Waals surface area contributed by atoms with Gasteiger partial charge in [0.25, 0.3) is 0 Å². The maximum atomic E-state index is 12.9. The molecule has 5 nitrogen and oxygen atoms in total. The van der Waals surface area contributed by atoms with Crippen molar-refractivity contribution in [1.82, 2.24) is 10.6 Å². The molecule has 7 heteroatoms. The molecule has 0 heterocycles. The van der Waals surface area contributed by atoms with E-state index in [9.17, 15) is 9.18 Å². The number of hydrogen-bond donors (Lipinski definition) is 3. The number of halogens is 2. The number of aliphatic imine (C=N–C) groups is 1. The average Bonchev–Trinajstić information content (AvgIpc) is 2.61. The van der Waals surface area contributed by atoms with Crippen LogP contribution in [0.5, 0.6) is 0 Å². The first-order valence-corrected chi connectivity index (χ1v) is 8.60. The van der Waals surface area contributed by atoms with Crippen LogP contribution in [0.25, 0.3) is 0 Å². The highest BCUT2D eigenvalue weighted by Gasteiger charge is 2.04. The van der Waals surface area contributed by atoms with E-state index in [4.69, 9.17) is 0 Å². The van der Waals surface area contributed by atoms with Gasteiger partial charge in [-0.2, -0.15) is 0 Å². The van der Waals surface area contributed by atoms with Gasteiger partial charge in [-0.05, 0) is 42.0 Å². The summed E-state index contributed by atoms with van der Waals surface area (Å²) in [6, 6.07) is 13.7. The van der Waals surface area contributed by atoms with Crippen molar-refractivity contribution in [2.75, 3.05) is 18.9 Å². The molecule has 2 aromatic carbocycles. The molecule has 0 atom stereocenters. The van der Waals surface area contributed by atoms with Crippen molar-refractivity contribution in [2.24, 2.45) is 4.99 Å². The van der Waals surface area contributed by atoms with Crippen LogP contribution in [0.2, 0.25) is 0 Å². The Bertz CT molecular complexity index is 717. The molecule has 0 aliphatic heterocycles. The van der Waals surface area contributed by atoms with Gasteiger partial charge in [-0.1, -0.05) is 28.1 Å². The highest BCUT2D eigenvalue weighted by molar-refractivity contribution is 9.10. The molecule has 25 heavy (non-hydrogen) atoms. The third kappa shape index (κ3) is 6.93. The molecule has 0 aliphatic carbocycles. The van der Waals surface area contributed by atoms with Crippen molar-refractivity contribution < 1.29 is 9.18 Å². The second kappa shape index (κ2) is 9.78. The van der Waals surface area contributed by atoms with E-state index in [1.54, 1.807) is 19.2 Å². The summed E-state index contributed by atoms with van der Waals surface area (Å²) in [6.45, 7) is 0.969. The molecule has 0 bridgehead atoms. The summed E-state index contributed by atoms with van der Waals surface area (Å²) in [5.41, 5.74) is 1.70. The van der Waals surface area contributed by atoms with E-state index in [0.29, 0.717) is 25.5 Å². The molecule has 1 amide bonds. The van der Waals surface area contributed by atoms with Gasteiger partial charge in [0.2, 0.25) is 5.91 Å². The van der Waals surface area contributed by atoms with Gasteiger partial charge in [-0.15, -0.1) is 0 Å². The van der Waals surface area contributed by atoms with Crippen LogP contribution in [0, 0.1) is 5.82 Å². The average molecular weight is 407 g/mol. The molecule has 0 unspecified atom stereocenters. The second-order valence-electron chi connectivity index (χ2n) is 5.28. The number of benzene rings is 2. The SMILES string of the molecule is CN=C(NCCC(=O)Nc1ccc(Br)cc1)NCc1ccc(F)cc1. The number of guanidine groups is 1. The first kappa shape index (κ1) is 18.9. The topological polar surface area (TPSA) is 65.5 Å². The Morgan fingerprint density at radius 3 is 2.40 bits per heavy atom. The van der Waals surface area contributed by atoms with Crippen molar-refractivity contribution in [3.8, 4) is 0 Å². The number of nitrogens with one attached hydrogen (secondary N) is 3. The van der Waals surface area contributed by atoms with Gasteiger partial charge in [0, 0.05) is 36.7 Å². The Kier molecular flexibility index (Phi) is 7.40. The first-order valence-electron chi connectivity index (χ1n) is 7.81. The van der Waals surface area contributed by atoms with Crippen molar-refractivity contribution in [3.05, 3.63) is 64.4 Å². The number of amides is 1. The Labute approximate surface area is 154 Å². The van der Waals surface area contributed by atoms with Crippen molar-refractivity contribution in [1.29, 1.82) is 0 Å². The van der Waals surface area contributed by atoms with Gasteiger partial charge in [-0.3, -0.25) is 9.79 Å². The third-order valence-corrected chi connectivity index (χ3v) is 3.90. The molecule has 0 aromatic heterocycles. The summed E-state index contributed by atoms with van der Waals surface area (Å²) in [7, 11) is 1.65. The van der Waals surface area contributed by atoms with E-state index in [-0.39, 0.29) is 11.7 Å². The Morgan fingerprint density at radius 2 is 1.76 bits per heavy atom. The summed E-state index contributed by atoms with van der Waals surface area (Å²) in [5, 5.41) is 9.02. The van der Waals surface area contributed by atoms with E-state index >= 15 is 0 Å². The lowest BCUT2D eigenvalue weighted by Crippen LogP contribution is -2.38. The van der Waals surface area contributed by atoms with Crippen LogP contribution in [0.1, 0.15) is 12.0 Å². The van der Waals surface area contributed by atoms with Crippen LogP contribution >= 0.6 is 15.9 Å². The normalized spacial score (nSPS) is 11.1. The molecule has 0 aliphatic rings. The van der Waals surface area contributed by atoms with E-state index in [2.05, 4.69) is 36.9 Å². The number of rotatable bonds is 6. The second-order valence-corrected chi connectivity index (χ2v) is 6.20. The molecule has 0 radical (unpaired) electrons. The fourth-order valence-electron chi connectivity index (χ4n) is 2.06. The van der Waals surface area contributed by atoms with Crippen molar-refractivity contribution in [3.63, 3.8) is 0 Å². The monoisotopic (exact) mass is 406 g/mol. The minimum Gasteiger partial charge on any atom is -0.356 e. The first-order chi connectivity index (χ1) is 12.1. The van der Waals surface area contributed by atoms with E-state index < -0.39 is 0 Å². The van der Waals surface area contributed by atoms with Gasteiger partial charge in [0.1, 0.15) is 5.82 Å². The summed E-state index contributed by atoms with van der Waals surface area (Å²) in [6.07, 6.45) is 0.313. The van der Waals surface area contributed by atoms with Gasteiger partial charge < -0.3 is 16.0 Å². The zero-order chi connectivity index (χ0) is 18.1. The fourth-order valence-corrected chi connectivity index (χ4v) is 2.32. The zero-order valence-corrected chi connectivity index (χ0v) is 15.4. The van der Waals surface area contributed by atoms with E-state index in [0.717, 1.165) is 15.7 Å². The molecule has 132 valence electrons. The lowest BCUT2D eigenvalue weighted by atomic mass is 10.2. The lowest BCUT2D eigenvalue weighted by Gasteiger charge is -2.12. The van der Waals surface area contributed by atoms with Crippen LogP contribution < -0.4 is 16.0 Å². The Hall–Kier alpha value is -2.41. The van der Waals surface area contributed by atoms with E-state index in [1.165, 1.54) is 12.1 Å². The minimum absolute atomic E-state index is 0.0798. The largest absolute Gasteiger partial charge is 0.356 e. The van der Waals surface area contributed by atoms with Crippen LogP contribution in [0.3, 0.4) is 0 Å². The molecule has 0 spiro atoms. The van der Waals surface area contributed by atoms with Crippen LogP contribution in [-0.4, -0.2) is 25.5 Å². The highest BCUT2D eigenvalue weighted by Crippen LogP contribution is 2.14. The molecule has 3 N–H and O–H groups in total. The molecule has 0 saturated heterocycles. The standard InChI is InChI=1S/C18H20BrFN4O/c1-21-18(23-12-13-2-6-15(20)7-3-13)22-11-10-17(25)24-16-8-4-14(19)5-9-16/h2-9H,10-12H2,1H3,(H,24,25)(H2,21,22,23). The lowest BCUT2D eigenvalue weighted by molar-refractivity contribution is -0.116. The quantitative estimate of drug-likeness (QED) is 0.509. The van der Waals surface area contributed by atoms with Crippen LogP contribution in [0.15, 0.2) is 58.0 Å². The number of carbonyl (C=O) groups excluding carboxylic acids is 1. The maximum absolute atomic E-state index is 12.9. The summed E-state index contributed by atoms with van der Waals surface area (Å²) in [4.78, 5) is 16.0. The zero-order valence-electron chi connectivity index (χ0n) is 13.9. The van der Waals surface area contributed by atoms with Crippen LogP contribution in [0.4, 0.5) is 10.1 Å². The maximum Gasteiger partial charge on any atom is 0.226 e. The number of anilines is 1. The molecular weight excluding hydrogens is 387 g/mol. The number of carbonyl (C=O) groups is 1. The summed E-state index contributed by atoms with van der Waals surface area (Å²) >= 11 is 3.35. The summed E-state index contributed by atoms with van der Waals surface area (Å²) < 4.78 is 13.8. The number of nitrogens with zero attached hydrogens (tertiary/aromatic N) is 1. The van der Waals surface area contributed by atoms with Gasteiger partial charge in [0.05, 0.1) is 0 Å². The molecule has 2 aromatic rings. The third-order valence-electron chi connectivity index (χ3n) is 3.37. The molecular formula is C18H20BrFN4O. The van der Waals surface area contributed by atoms with Gasteiger partial charge in [0.15, 0.2) is 5.96 Å². The predicted molar refractivity (Wildman–Crippen MR) is 102 cm³/mol. The van der Waals surface area contributed by atoms with Crippen molar-refractivity contribution in [2.45, 2.75) is 13.0 Å². The van der Waals surface area contributed by atoms with Crippen LogP contribution in [-0.2, 0) is 11.3 Å². The fraction of sp³-hybridized carbons (Fsp3) is 0.222. The molecule has 0 fully saturated rings. The Balaban J connectivity index is 1.70. The minimum atomic E-state index is -0.261.